The monoisotopic (exact) mass is 628 g/mol. The molecule has 0 aliphatic carbocycles. The van der Waals surface area contributed by atoms with E-state index < -0.39 is 51.5 Å². The molecule has 0 aliphatic heterocycles. The number of carbonyl (C=O) groups is 4. The van der Waals surface area contributed by atoms with Crippen molar-refractivity contribution in [3.05, 3.63) is 60.3 Å². The highest BCUT2D eigenvalue weighted by Crippen LogP contribution is 2.31. The van der Waals surface area contributed by atoms with Crippen molar-refractivity contribution < 1.29 is 50.2 Å². The number of amides is 2. The van der Waals surface area contributed by atoms with Gasteiger partial charge in [0.15, 0.2) is 0 Å². The zero-order chi connectivity index (χ0) is 31.1. The third-order valence-electron chi connectivity index (χ3n) is 5.53. The minimum Gasteiger partial charge on any atom is -0.492 e. The summed E-state index contributed by atoms with van der Waals surface area (Å²) >= 11 is 4.08. The number of ether oxygens (including phenoxy) is 2. The number of anilines is 1. The Morgan fingerprint density at radius 1 is 1.14 bits per heavy atom. The Hall–Kier alpha value is -4.22. The number of alkyl halides is 3. The summed E-state index contributed by atoms with van der Waals surface area (Å²) in [5, 5.41) is 3.19. The van der Waals surface area contributed by atoms with Crippen LogP contribution in [0.1, 0.15) is 12.0 Å². The van der Waals surface area contributed by atoms with Crippen LogP contribution in [0.15, 0.2) is 59.6 Å². The summed E-state index contributed by atoms with van der Waals surface area (Å²) in [6, 6.07) is 9.92. The van der Waals surface area contributed by atoms with Crippen LogP contribution in [0.25, 0.3) is 10.9 Å². The van der Waals surface area contributed by atoms with E-state index in [-0.39, 0.29) is 24.3 Å². The van der Waals surface area contributed by atoms with Gasteiger partial charge in [0.05, 0.1) is 30.3 Å². The van der Waals surface area contributed by atoms with E-state index in [2.05, 4.69) is 27.9 Å². The molecule has 0 radical (unpaired) electrons. The first-order valence-electron chi connectivity index (χ1n) is 11.9. The maximum Gasteiger partial charge on any atom is 0.491 e. The first kappa shape index (κ1) is 32.3. The standard InChI is InChI=1S/C25H23F3N4O8S2/c1-29-24(36)32(41)17-7-8-21(42(37,38)31-16(14-33)12-22(34)40-23(35)25(26,27)28)20(13-17)39-11-9-15-4-2-6-19-18(15)5-3-10-30-19/h2-8,10,13-14,16,31,41H,9,11-12H2,1H3,(H,29,36). The van der Waals surface area contributed by atoms with Gasteiger partial charge in [-0.1, -0.05) is 31.0 Å². The summed E-state index contributed by atoms with van der Waals surface area (Å²) < 4.78 is 75.6. The molecule has 0 aliphatic rings. The number of aldehydes is 1. The first-order valence-corrected chi connectivity index (χ1v) is 13.7. The summed E-state index contributed by atoms with van der Waals surface area (Å²) in [4.78, 5) is 49.8. The van der Waals surface area contributed by atoms with Gasteiger partial charge in [0, 0.05) is 31.1 Å². The van der Waals surface area contributed by atoms with Gasteiger partial charge in [0.2, 0.25) is 10.0 Å². The molecule has 0 spiro atoms. The molecule has 3 aromatic rings. The van der Waals surface area contributed by atoms with Gasteiger partial charge in [-0.25, -0.2) is 27.0 Å². The van der Waals surface area contributed by atoms with E-state index in [0.717, 1.165) is 26.8 Å². The van der Waals surface area contributed by atoms with Gasteiger partial charge in [-0.3, -0.25) is 9.78 Å². The Morgan fingerprint density at radius 2 is 1.88 bits per heavy atom. The molecule has 0 fully saturated rings. The SMILES string of the molecule is CNC(=O)N(S)c1ccc(S(=O)(=O)NC(C=O)CC(=O)OC(=O)C(F)(F)F)c(OCCc2cccc3ncccc23)c1. The van der Waals surface area contributed by atoms with Crippen molar-refractivity contribution in [2.45, 2.75) is 30.0 Å². The van der Waals surface area contributed by atoms with Gasteiger partial charge in [-0.15, -0.1) is 0 Å². The lowest BCUT2D eigenvalue weighted by atomic mass is 10.1. The van der Waals surface area contributed by atoms with Crippen LogP contribution < -0.4 is 19.1 Å². The van der Waals surface area contributed by atoms with Crippen LogP contribution >= 0.6 is 12.8 Å². The van der Waals surface area contributed by atoms with Crippen molar-refractivity contribution in [1.82, 2.24) is 15.0 Å². The van der Waals surface area contributed by atoms with Gasteiger partial charge in [-0.05, 0) is 29.8 Å². The van der Waals surface area contributed by atoms with E-state index in [0.29, 0.717) is 6.42 Å². The topological polar surface area (TPSA) is 161 Å². The number of rotatable bonds is 11. The predicted octanol–water partition coefficient (Wildman–Crippen LogP) is 2.71. The highest BCUT2D eigenvalue weighted by molar-refractivity contribution is 7.89. The second kappa shape index (κ2) is 13.6. The number of hydrogen-bond donors (Lipinski definition) is 3. The number of halogens is 3. The fourth-order valence-electron chi connectivity index (χ4n) is 3.61. The summed E-state index contributed by atoms with van der Waals surface area (Å²) in [6.45, 7) is -0.0600. The van der Waals surface area contributed by atoms with Gasteiger partial charge in [-0.2, -0.15) is 13.2 Å². The molecule has 42 heavy (non-hydrogen) atoms. The zero-order valence-corrected chi connectivity index (χ0v) is 23.3. The minimum atomic E-state index is -5.47. The van der Waals surface area contributed by atoms with Crippen LogP contribution in [0.2, 0.25) is 0 Å². The van der Waals surface area contributed by atoms with E-state index >= 15 is 0 Å². The highest BCUT2D eigenvalue weighted by atomic mass is 32.2. The lowest BCUT2D eigenvalue weighted by Gasteiger charge is -2.19. The molecule has 2 N–H and O–H groups in total. The lowest BCUT2D eigenvalue weighted by Crippen LogP contribution is -2.39. The molecule has 2 aromatic carbocycles. The number of thiol groups is 1. The molecule has 1 unspecified atom stereocenters. The molecular formula is C25H23F3N4O8S2. The van der Waals surface area contributed by atoms with Crippen LogP contribution in [-0.2, 0) is 35.6 Å². The fourth-order valence-corrected chi connectivity index (χ4v) is 5.12. The molecule has 17 heteroatoms. The molecule has 1 atom stereocenters. The normalized spacial score (nSPS) is 12.3. The van der Waals surface area contributed by atoms with Gasteiger partial charge in [0.25, 0.3) is 0 Å². The number of sulfonamides is 1. The lowest BCUT2D eigenvalue weighted by molar-refractivity contribution is -0.202. The number of hydrogen-bond acceptors (Lipinski definition) is 10. The average Bonchev–Trinajstić information content (AvgIpc) is 2.95. The first-order chi connectivity index (χ1) is 19.8. The fraction of sp³-hybridized carbons (Fsp3) is 0.240. The number of nitrogens with one attached hydrogen (secondary N) is 2. The van der Waals surface area contributed by atoms with E-state index in [1.54, 1.807) is 18.3 Å². The second-order valence-corrected chi connectivity index (χ2v) is 10.5. The maximum absolute atomic E-state index is 13.2. The summed E-state index contributed by atoms with van der Waals surface area (Å²) in [5.41, 5.74) is 1.67. The van der Waals surface area contributed by atoms with Gasteiger partial charge < -0.3 is 19.6 Å². The molecule has 3 rings (SSSR count). The van der Waals surface area contributed by atoms with E-state index in [1.165, 1.54) is 19.2 Å². The Morgan fingerprint density at radius 3 is 2.55 bits per heavy atom. The van der Waals surface area contributed by atoms with Crippen LogP contribution in [0.5, 0.6) is 5.75 Å². The van der Waals surface area contributed by atoms with Crippen LogP contribution in [-0.4, -0.2) is 63.5 Å². The van der Waals surface area contributed by atoms with Crippen molar-refractivity contribution in [2.75, 3.05) is 18.0 Å². The molecule has 1 heterocycles. The number of aromatic nitrogens is 1. The second-order valence-electron chi connectivity index (χ2n) is 8.41. The quantitative estimate of drug-likeness (QED) is 0.126. The van der Waals surface area contributed by atoms with Crippen molar-refractivity contribution >= 4 is 63.7 Å². The molecular weight excluding hydrogens is 605 g/mol. The molecule has 224 valence electrons. The molecule has 2 amide bonds. The Kier molecular flexibility index (Phi) is 10.5. The number of pyridine rings is 1. The summed E-state index contributed by atoms with van der Waals surface area (Å²) in [5.74, 6) is -4.88. The molecule has 12 nitrogen and oxygen atoms in total. The number of esters is 2. The number of benzene rings is 2. The van der Waals surface area contributed by atoms with E-state index in [4.69, 9.17) is 4.74 Å². The van der Waals surface area contributed by atoms with Crippen LogP contribution in [0, 0.1) is 0 Å². The molecule has 0 bridgehead atoms. The van der Waals surface area contributed by atoms with Crippen molar-refractivity contribution in [3.8, 4) is 5.75 Å². The summed E-state index contributed by atoms with van der Waals surface area (Å²) in [7, 11) is -3.33. The Bertz CT molecular complexity index is 1600. The smallest absolute Gasteiger partial charge is 0.491 e. The van der Waals surface area contributed by atoms with Gasteiger partial charge >= 0.3 is 24.1 Å². The Labute approximate surface area is 242 Å². The Balaban J connectivity index is 1.86. The predicted molar refractivity (Wildman–Crippen MR) is 145 cm³/mol. The zero-order valence-electron chi connectivity index (χ0n) is 21.6. The number of urea groups is 1. The summed E-state index contributed by atoms with van der Waals surface area (Å²) in [6.07, 6.45) is -4.81. The minimum absolute atomic E-state index is 0.0542. The number of nitrogens with zero attached hydrogens (tertiary/aromatic N) is 2. The maximum atomic E-state index is 13.2. The number of fused-ring (bicyclic) bond motifs is 1. The largest absolute Gasteiger partial charge is 0.492 e. The van der Waals surface area contributed by atoms with Crippen LogP contribution in [0.3, 0.4) is 0 Å². The van der Waals surface area contributed by atoms with E-state index in [1.807, 2.05) is 22.9 Å². The van der Waals surface area contributed by atoms with E-state index in [9.17, 15) is 40.8 Å². The molecule has 1 aromatic heterocycles. The molecule has 0 saturated carbocycles. The van der Waals surface area contributed by atoms with Crippen molar-refractivity contribution in [3.63, 3.8) is 0 Å². The highest BCUT2D eigenvalue weighted by Gasteiger charge is 2.42. The van der Waals surface area contributed by atoms with Crippen molar-refractivity contribution in [1.29, 1.82) is 0 Å². The van der Waals surface area contributed by atoms with Gasteiger partial charge in [0.1, 0.15) is 16.9 Å². The van der Waals surface area contributed by atoms with Crippen LogP contribution in [0.4, 0.5) is 23.7 Å². The van der Waals surface area contributed by atoms with Crippen molar-refractivity contribution in [2.24, 2.45) is 0 Å². The average molecular weight is 629 g/mol. The number of carbonyl (C=O) groups excluding carboxylic acids is 4. The third kappa shape index (κ3) is 8.17. The molecule has 0 saturated heterocycles. The third-order valence-corrected chi connectivity index (χ3v) is 7.47.